The first kappa shape index (κ1) is 18.2. The maximum absolute atomic E-state index is 12.3. The average Bonchev–Trinajstić information content (AvgIpc) is 2.80. The molecule has 0 bridgehead atoms. The van der Waals surface area contributed by atoms with Crippen LogP contribution in [0.25, 0.3) is 0 Å². The van der Waals surface area contributed by atoms with Gasteiger partial charge < -0.3 is 5.32 Å². The molecule has 0 heterocycles. The summed E-state index contributed by atoms with van der Waals surface area (Å²) in [6, 6.07) is 0.754. The molecule has 0 aromatic carbocycles. The van der Waals surface area contributed by atoms with Crippen molar-refractivity contribution >= 4 is 10.2 Å². The Hall–Kier alpha value is -0.170. The highest BCUT2D eigenvalue weighted by Gasteiger charge is 2.27. The monoisotopic (exact) mass is 331 g/mol. The van der Waals surface area contributed by atoms with E-state index in [-0.39, 0.29) is 6.04 Å². The fourth-order valence-electron chi connectivity index (χ4n) is 3.68. The molecule has 0 aromatic rings. The molecule has 0 aliphatic heterocycles. The molecule has 2 saturated carbocycles. The zero-order valence-electron chi connectivity index (χ0n) is 14.0. The topological polar surface area (TPSA) is 61.4 Å². The molecule has 6 heteroatoms. The van der Waals surface area contributed by atoms with E-state index in [1.54, 1.807) is 11.4 Å². The van der Waals surface area contributed by atoms with E-state index in [4.69, 9.17) is 0 Å². The standard InChI is InChI=1S/C16H33N3O2S/c1-19(16-11-7-4-8-12-16)22(20,21)18-14-13-17-15-9-5-2-3-6-10-15/h15-18H,2-14H2,1H3. The number of hydrogen-bond donors (Lipinski definition) is 2. The quantitative estimate of drug-likeness (QED) is 0.556. The number of nitrogens with zero attached hydrogens (tertiary/aromatic N) is 1. The summed E-state index contributed by atoms with van der Waals surface area (Å²) >= 11 is 0. The first-order chi connectivity index (χ1) is 10.6. The minimum Gasteiger partial charge on any atom is -0.313 e. The molecule has 2 N–H and O–H groups in total. The van der Waals surface area contributed by atoms with Gasteiger partial charge in [-0.1, -0.05) is 44.9 Å². The van der Waals surface area contributed by atoms with E-state index in [2.05, 4.69) is 10.0 Å². The summed E-state index contributed by atoms with van der Waals surface area (Å²) in [6.45, 7) is 1.21. The Morgan fingerprint density at radius 3 is 2.05 bits per heavy atom. The van der Waals surface area contributed by atoms with Crippen LogP contribution >= 0.6 is 0 Å². The minimum absolute atomic E-state index is 0.182. The van der Waals surface area contributed by atoms with Crippen LogP contribution in [0.1, 0.15) is 70.6 Å². The van der Waals surface area contributed by atoms with Crippen molar-refractivity contribution in [3.05, 3.63) is 0 Å². The Morgan fingerprint density at radius 1 is 0.864 bits per heavy atom. The summed E-state index contributed by atoms with van der Waals surface area (Å²) in [7, 11) is -1.61. The van der Waals surface area contributed by atoms with Crippen molar-refractivity contribution in [2.24, 2.45) is 0 Å². The molecule has 2 aliphatic carbocycles. The molecular formula is C16H33N3O2S. The summed E-state index contributed by atoms with van der Waals surface area (Å²) in [5.74, 6) is 0. The van der Waals surface area contributed by atoms with Gasteiger partial charge in [0.1, 0.15) is 0 Å². The van der Waals surface area contributed by atoms with Crippen molar-refractivity contribution in [2.45, 2.75) is 82.7 Å². The highest BCUT2D eigenvalue weighted by Crippen LogP contribution is 2.22. The van der Waals surface area contributed by atoms with Gasteiger partial charge in [0.05, 0.1) is 0 Å². The third-order valence-corrected chi connectivity index (χ3v) is 6.79. The van der Waals surface area contributed by atoms with Crippen molar-refractivity contribution in [1.29, 1.82) is 0 Å². The van der Waals surface area contributed by atoms with Gasteiger partial charge in [-0.3, -0.25) is 0 Å². The molecule has 0 unspecified atom stereocenters. The zero-order valence-corrected chi connectivity index (χ0v) is 14.8. The summed E-state index contributed by atoms with van der Waals surface area (Å²) in [4.78, 5) is 0. The fraction of sp³-hybridized carbons (Fsp3) is 1.00. The summed E-state index contributed by atoms with van der Waals surface area (Å²) in [5.41, 5.74) is 0. The van der Waals surface area contributed by atoms with E-state index >= 15 is 0 Å². The van der Waals surface area contributed by atoms with Gasteiger partial charge >= 0.3 is 0 Å². The van der Waals surface area contributed by atoms with Gasteiger partial charge in [0, 0.05) is 32.2 Å². The molecule has 0 saturated heterocycles. The highest BCUT2D eigenvalue weighted by molar-refractivity contribution is 7.87. The van der Waals surface area contributed by atoms with Gasteiger partial charge in [0.2, 0.25) is 0 Å². The maximum atomic E-state index is 12.3. The van der Waals surface area contributed by atoms with Gasteiger partial charge in [-0.15, -0.1) is 0 Å². The number of hydrogen-bond acceptors (Lipinski definition) is 3. The first-order valence-electron chi connectivity index (χ1n) is 9.05. The Morgan fingerprint density at radius 2 is 1.41 bits per heavy atom. The highest BCUT2D eigenvalue weighted by atomic mass is 32.2. The molecule has 0 spiro atoms. The molecule has 2 aliphatic rings. The molecule has 130 valence electrons. The molecule has 2 rings (SSSR count). The van der Waals surface area contributed by atoms with E-state index < -0.39 is 10.2 Å². The third-order valence-electron chi connectivity index (χ3n) is 5.17. The lowest BCUT2D eigenvalue weighted by molar-refractivity contribution is 0.283. The Kier molecular flexibility index (Phi) is 7.60. The SMILES string of the molecule is CN(C1CCCCC1)S(=O)(=O)NCCNC1CCCCCC1. The van der Waals surface area contributed by atoms with Crippen LogP contribution in [0.4, 0.5) is 0 Å². The lowest BCUT2D eigenvalue weighted by Gasteiger charge is -2.30. The van der Waals surface area contributed by atoms with Crippen molar-refractivity contribution < 1.29 is 8.42 Å². The van der Waals surface area contributed by atoms with Crippen molar-refractivity contribution in [3.63, 3.8) is 0 Å². The van der Waals surface area contributed by atoms with E-state index in [0.717, 1.165) is 32.2 Å². The average molecular weight is 332 g/mol. The lowest BCUT2D eigenvalue weighted by Crippen LogP contribution is -2.47. The molecule has 0 aromatic heterocycles. The van der Waals surface area contributed by atoms with Crippen LogP contribution in [0.5, 0.6) is 0 Å². The Bertz CT molecular complexity index is 400. The minimum atomic E-state index is -3.33. The second kappa shape index (κ2) is 9.21. The fourth-order valence-corrected chi connectivity index (χ4v) is 4.85. The van der Waals surface area contributed by atoms with Gasteiger partial charge in [0.25, 0.3) is 10.2 Å². The van der Waals surface area contributed by atoms with Crippen LogP contribution in [-0.2, 0) is 10.2 Å². The molecule has 2 fully saturated rings. The van der Waals surface area contributed by atoms with Gasteiger partial charge in [-0.25, -0.2) is 4.72 Å². The van der Waals surface area contributed by atoms with Gasteiger partial charge in [-0.05, 0) is 25.7 Å². The van der Waals surface area contributed by atoms with Crippen LogP contribution in [0.3, 0.4) is 0 Å². The van der Waals surface area contributed by atoms with Gasteiger partial charge in [0.15, 0.2) is 0 Å². The molecule has 22 heavy (non-hydrogen) atoms. The molecule has 0 amide bonds. The lowest BCUT2D eigenvalue weighted by atomic mass is 9.96. The molecule has 0 radical (unpaired) electrons. The third kappa shape index (κ3) is 5.80. The predicted octanol–water partition coefficient (Wildman–Crippen LogP) is 2.40. The van der Waals surface area contributed by atoms with Crippen molar-refractivity contribution in [1.82, 2.24) is 14.3 Å². The van der Waals surface area contributed by atoms with E-state index in [9.17, 15) is 8.42 Å². The van der Waals surface area contributed by atoms with Crippen molar-refractivity contribution in [2.75, 3.05) is 20.1 Å². The van der Waals surface area contributed by atoms with Gasteiger partial charge in [-0.2, -0.15) is 12.7 Å². The second-order valence-corrected chi connectivity index (χ2v) is 8.66. The van der Waals surface area contributed by atoms with Crippen LogP contribution in [0.2, 0.25) is 0 Å². The summed E-state index contributed by atoms with van der Waals surface area (Å²) in [5, 5.41) is 3.51. The smallest absolute Gasteiger partial charge is 0.279 e. The largest absolute Gasteiger partial charge is 0.313 e. The predicted molar refractivity (Wildman–Crippen MR) is 91.1 cm³/mol. The molecular weight excluding hydrogens is 298 g/mol. The van der Waals surface area contributed by atoms with Crippen LogP contribution in [-0.4, -0.2) is 44.9 Å². The van der Waals surface area contributed by atoms with E-state index in [1.807, 2.05) is 0 Å². The zero-order chi connectivity index (χ0) is 15.8. The Labute approximate surface area is 136 Å². The number of nitrogens with one attached hydrogen (secondary N) is 2. The van der Waals surface area contributed by atoms with E-state index in [1.165, 1.54) is 44.9 Å². The summed E-state index contributed by atoms with van der Waals surface area (Å²) < 4.78 is 28.9. The first-order valence-corrected chi connectivity index (χ1v) is 10.5. The normalized spacial score (nSPS) is 22.8. The number of rotatable bonds is 7. The Balaban J connectivity index is 1.67. The van der Waals surface area contributed by atoms with Crippen LogP contribution < -0.4 is 10.0 Å². The van der Waals surface area contributed by atoms with Crippen LogP contribution in [0.15, 0.2) is 0 Å². The van der Waals surface area contributed by atoms with E-state index in [0.29, 0.717) is 12.6 Å². The molecule has 5 nitrogen and oxygen atoms in total. The van der Waals surface area contributed by atoms with Crippen LogP contribution in [0, 0.1) is 0 Å². The second-order valence-electron chi connectivity index (χ2n) is 6.85. The summed E-state index contributed by atoms with van der Waals surface area (Å²) in [6.07, 6.45) is 13.3. The van der Waals surface area contributed by atoms with Crippen molar-refractivity contribution in [3.8, 4) is 0 Å². The maximum Gasteiger partial charge on any atom is 0.279 e. The molecule has 0 atom stereocenters.